The second-order valence-electron chi connectivity index (χ2n) is 4.58. The van der Waals surface area contributed by atoms with Crippen molar-refractivity contribution in [3.8, 4) is 0 Å². The molecule has 1 aliphatic carbocycles. The van der Waals surface area contributed by atoms with Crippen LogP contribution in [-0.4, -0.2) is 18.9 Å². The highest BCUT2D eigenvalue weighted by atomic mass is 16.5. The summed E-state index contributed by atoms with van der Waals surface area (Å²) in [7, 11) is 0. The van der Waals surface area contributed by atoms with Crippen LogP contribution in [0.25, 0.3) is 0 Å². The van der Waals surface area contributed by atoms with E-state index >= 15 is 0 Å². The molecule has 1 heterocycles. The standard InChI is InChI=1S/C12H19NO2/c13-9-12(6-2-3-7-12)11(14)10-5-1-4-8-15-10/h5H,1-4,6-9,13H2. The van der Waals surface area contributed by atoms with Gasteiger partial charge in [-0.1, -0.05) is 12.8 Å². The van der Waals surface area contributed by atoms with Crippen molar-refractivity contribution in [3.63, 3.8) is 0 Å². The molecule has 0 spiro atoms. The quantitative estimate of drug-likeness (QED) is 0.770. The minimum absolute atomic E-state index is 0.155. The van der Waals surface area contributed by atoms with E-state index in [1.807, 2.05) is 6.08 Å². The molecule has 0 bridgehead atoms. The molecule has 1 saturated carbocycles. The van der Waals surface area contributed by atoms with Crippen molar-refractivity contribution in [2.24, 2.45) is 11.1 Å². The lowest BCUT2D eigenvalue weighted by atomic mass is 9.80. The molecule has 3 nitrogen and oxygen atoms in total. The number of carbonyl (C=O) groups is 1. The van der Waals surface area contributed by atoms with Gasteiger partial charge in [-0.3, -0.25) is 4.79 Å². The monoisotopic (exact) mass is 209 g/mol. The average molecular weight is 209 g/mol. The summed E-state index contributed by atoms with van der Waals surface area (Å²) in [6.45, 7) is 1.14. The average Bonchev–Trinajstić information content (AvgIpc) is 2.79. The topological polar surface area (TPSA) is 52.3 Å². The van der Waals surface area contributed by atoms with Gasteiger partial charge in [-0.25, -0.2) is 0 Å². The summed E-state index contributed by atoms with van der Waals surface area (Å²) in [6.07, 6.45) is 8.02. The van der Waals surface area contributed by atoms with E-state index in [2.05, 4.69) is 0 Å². The molecule has 1 fully saturated rings. The fourth-order valence-electron chi connectivity index (χ4n) is 2.55. The molecule has 0 atom stereocenters. The van der Waals surface area contributed by atoms with E-state index in [1.54, 1.807) is 0 Å². The number of hydrogen-bond donors (Lipinski definition) is 1. The van der Waals surface area contributed by atoms with Gasteiger partial charge in [0.25, 0.3) is 0 Å². The number of ether oxygens (including phenoxy) is 1. The minimum Gasteiger partial charge on any atom is -0.490 e. The Morgan fingerprint density at radius 1 is 1.40 bits per heavy atom. The molecular weight excluding hydrogens is 190 g/mol. The summed E-state index contributed by atoms with van der Waals surface area (Å²) in [6, 6.07) is 0. The van der Waals surface area contributed by atoms with Gasteiger partial charge in [-0.2, -0.15) is 0 Å². The largest absolute Gasteiger partial charge is 0.490 e. The van der Waals surface area contributed by atoms with Crippen LogP contribution in [0.2, 0.25) is 0 Å². The van der Waals surface area contributed by atoms with E-state index in [-0.39, 0.29) is 11.2 Å². The number of nitrogens with two attached hydrogens (primary N) is 1. The van der Waals surface area contributed by atoms with Crippen molar-refractivity contribution in [2.45, 2.75) is 38.5 Å². The molecule has 0 aromatic heterocycles. The lowest BCUT2D eigenvalue weighted by Crippen LogP contribution is -2.38. The third kappa shape index (κ3) is 1.93. The zero-order valence-corrected chi connectivity index (χ0v) is 9.13. The van der Waals surface area contributed by atoms with Crippen LogP contribution < -0.4 is 5.73 Å². The smallest absolute Gasteiger partial charge is 0.204 e. The minimum atomic E-state index is -0.302. The van der Waals surface area contributed by atoms with E-state index in [4.69, 9.17) is 10.5 Å². The molecule has 0 amide bonds. The molecule has 1 aliphatic heterocycles. The number of hydrogen-bond acceptors (Lipinski definition) is 3. The van der Waals surface area contributed by atoms with Crippen LogP contribution in [0.1, 0.15) is 38.5 Å². The highest BCUT2D eigenvalue weighted by molar-refractivity contribution is 5.98. The van der Waals surface area contributed by atoms with Gasteiger partial charge < -0.3 is 10.5 Å². The summed E-state index contributed by atoms with van der Waals surface area (Å²) in [5.41, 5.74) is 5.47. The zero-order valence-electron chi connectivity index (χ0n) is 9.13. The Bertz CT molecular complexity index is 277. The molecule has 2 N–H and O–H groups in total. The van der Waals surface area contributed by atoms with Gasteiger partial charge in [-0.15, -0.1) is 0 Å². The molecule has 2 aliphatic rings. The molecule has 0 aromatic carbocycles. The van der Waals surface area contributed by atoms with Crippen LogP contribution in [0.4, 0.5) is 0 Å². The highest BCUT2D eigenvalue weighted by Crippen LogP contribution is 2.40. The Balaban J connectivity index is 2.14. The molecule has 0 radical (unpaired) electrons. The summed E-state index contributed by atoms with van der Waals surface area (Å²) in [4.78, 5) is 12.3. The lowest BCUT2D eigenvalue weighted by Gasteiger charge is -2.27. The first-order chi connectivity index (χ1) is 7.28. The van der Waals surface area contributed by atoms with Gasteiger partial charge >= 0.3 is 0 Å². The molecule has 0 aromatic rings. The third-order valence-corrected chi connectivity index (χ3v) is 3.59. The number of ketones is 1. The van der Waals surface area contributed by atoms with Crippen LogP contribution in [0.3, 0.4) is 0 Å². The van der Waals surface area contributed by atoms with E-state index < -0.39 is 0 Å². The summed E-state index contributed by atoms with van der Waals surface area (Å²) in [5, 5.41) is 0. The van der Waals surface area contributed by atoms with Crippen molar-refractivity contribution in [1.29, 1.82) is 0 Å². The predicted octanol–water partition coefficient (Wildman–Crippen LogP) is 1.77. The first-order valence-electron chi connectivity index (χ1n) is 5.86. The second kappa shape index (κ2) is 4.35. The molecule has 0 unspecified atom stereocenters. The van der Waals surface area contributed by atoms with E-state index in [0.29, 0.717) is 18.9 Å². The first kappa shape index (κ1) is 10.7. The maximum absolute atomic E-state index is 12.3. The van der Waals surface area contributed by atoms with Gasteiger partial charge in [0, 0.05) is 12.0 Å². The Morgan fingerprint density at radius 2 is 2.13 bits per heavy atom. The molecular formula is C12H19NO2. The number of allylic oxidation sites excluding steroid dienone is 2. The molecule has 15 heavy (non-hydrogen) atoms. The van der Waals surface area contributed by atoms with Crippen LogP contribution in [-0.2, 0) is 9.53 Å². The number of rotatable bonds is 3. The third-order valence-electron chi connectivity index (χ3n) is 3.59. The Morgan fingerprint density at radius 3 is 2.67 bits per heavy atom. The van der Waals surface area contributed by atoms with Crippen molar-refractivity contribution in [1.82, 2.24) is 0 Å². The van der Waals surface area contributed by atoms with Crippen LogP contribution in [0, 0.1) is 5.41 Å². The highest BCUT2D eigenvalue weighted by Gasteiger charge is 2.42. The zero-order chi connectivity index (χ0) is 10.7. The van der Waals surface area contributed by atoms with Crippen LogP contribution >= 0.6 is 0 Å². The maximum Gasteiger partial charge on any atom is 0.204 e. The van der Waals surface area contributed by atoms with Crippen molar-refractivity contribution in [3.05, 3.63) is 11.8 Å². The van der Waals surface area contributed by atoms with Gasteiger partial charge in [0.1, 0.15) is 0 Å². The van der Waals surface area contributed by atoms with Crippen LogP contribution in [0.15, 0.2) is 11.8 Å². The summed E-state index contributed by atoms with van der Waals surface area (Å²) < 4.78 is 5.44. The molecule has 84 valence electrons. The fraction of sp³-hybridized carbons (Fsp3) is 0.750. The Hall–Kier alpha value is -0.830. The van der Waals surface area contributed by atoms with Gasteiger partial charge in [0.05, 0.1) is 6.61 Å². The van der Waals surface area contributed by atoms with Crippen LogP contribution in [0.5, 0.6) is 0 Å². The lowest BCUT2D eigenvalue weighted by molar-refractivity contribution is -0.128. The van der Waals surface area contributed by atoms with E-state index in [1.165, 1.54) is 0 Å². The Kier molecular flexibility index (Phi) is 3.10. The Labute approximate surface area is 90.7 Å². The van der Waals surface area contributed by atoms with Crippen molar-refractivity contribution >= 4 is 5.78 Å². The first-order valence-corrected chi connectivity index (χ1v) is 5.86. The van der Waals surface area contributed by atoms with E-state index in [0.717, 1.165) is 38.5 Å². The summed E-state index contributed by atoms with van der Waals surface area (Å²) >= 11 is 0. The number of Topliss-reactive ketones (excluding diaryl/α,β-unsaturated/α-hetero) is 1. The van der Waals surface area contributed by atoms with Crippen molar-refractivity contribution < 1.29 is 9.53 Å². The SMILES string of the molecule is NCC1(C(=O)C2=CCCCO2)CCCC1. The normalized spacial score (nSPS) is 24.5. The van der Waals surface area contributed by atoms with Gasteiger partial charge in [0.15, 0.2) is 5.76 Å². The fourth-order valence-corrected chi connectivity index (χ4v) is 2.55. The summed E-state index contributed by atoms with van der Waals surface area (Å²) in [5.74, 6) is 0.732. The number of carbonyl (C=O) groups excluding carboxylic acids is 1. The van der Waals surface area contributed by atoms with E-state index in [9.17, 15) is 4.79 Å². The van der Waals surface area contributed by atoms with Gasteiger partial charge in [0.2, 0.25) is 5.78 Å². The molecule has 0 saturated heterocycles. The second-order valence-corrected chi connectivity index (χ2v) is 4.58. The predicted molar refractivity (Wildman–Crippen MR) is 58.2 cm³/mol. The molecule has 2 rings (SSSR count). The van der Waals surface area contributed by atoms with Crippen molar-refractivity contribution in [2.75, 3.05) is 13.2 Å². The maximum atomic E-state index is 12.3. The molecule has 3 heteroatoms. The van der Waals surface area contributed by atoms with Gasteiger partial charge in [-0.05, 0) is 31.8 Å².